The smallest absolute Gasteiger partial charge is 0.306 e. The zero-order valence-corrected chi connectivity index (χ0v) is 34.2. The van der Waals surface area contributed by atoms with E-state index in [-0.39, 0.29) is 65.1 Å². The van der Waals surface area contributed by atoms with Crippen molar-refractivity contribution >= 4 is 29.2 Å². The van der Waals surface area contributed by atoms with E-state index in [0.717, 1.165) is 19.3 Å². The van der Waals surface area contributed by atoms with Crippen LogP contribution in [-0.4, -0.2) is 105 Å². The van der Waals surface area contributed by atoms with Crippen molar-refractivity contribution in [3.05, 3.63) is 51.6 Å². The maximum absolute atomic E-state index is 14.0. The Morgan fingerprint density at radius 3 is 2.42 bits per heavy atom. The summed E-state index contributed by atoms with van der Waals surface area (Å²) in [6, 6.07) is 3.61. The van der Waals surface area contributed by atoms with Crippen LogP contribution in [0.3, 0.4) is 0 Å². The highest BCUT2D eigenvalue weighted by Gasteiger charge is 2.49. The Labute approximate surface area is 343 Å². The van der Waals surface area contributed by atoms with Crippen LogP contribution in [0.4, 0.5) is 0 Å². The average Bonchev–Trinajstić information content (AvgIpc) is 3.18. The van der Waals surface area contributed by atoms with Crippen LogP contribution in [0.1, 0.15) is 135 Å². The van der Waals surface area contributed by atoms with Gasteiger partial charge in [-0.1, -0.05) is 39.3 Å². The Balaban J connectivity index is 1.22. The van der Waals surface area contributed by atoms with Crippen molar-refractivity contribution in [1.29, 1.82) is 0 Å². The number of carbonyl (C=O) groups is 4. The van der Waals surface area contributed by atoms with Crippen LogP contribution in [0, 0.1) is 17.8 Å². The first kappa shape index (κ1) is 44.1. The van der Waals surface area contributed by atoms with Crippen LogP contribution < -0.4 is 15.9 Å². The lowest BCUT2D eigenvalue weighted by molar-refractivity contribution is -0.245. The van der Waals surface area contributed by atoms with Crippen molar-refractivity contribution in [2.45, 2.75) is 134 Å². The molecule has 0 radical (unpaired) electrons. The van der Waals surface area contributed by atoms with Crippen LogP contribution in [0.25, 0.3) is 0 Å². The summed E-state index contributed by atoms with van der Waals surface area (Å²) < 4.78 is 23.4. The Morgan fingerprint density at radius 2 is 1.75 bits per heavy atom. The van der Waals surface area contributed by atoms with Gasteiger partial charge in [0.15, 0.2) is 12.1 Å². The summed E-state index contributed by atoms with van der Waals surface area (Å²) in [6.07, 6.45) is -1.53. The van der Waals surface area contributed by atoms with Crippen molar-refractivity contribution in [1.82, 2.24) is 5.43 Å². The number of unbranched alkanes of at least 4 members (excludes halogenated alkanes) is 1. The number of fused-ring (bicyclic) bond motifs is 3. The topological polar surface area (TPSA) is 257 Å². The summed E-state index contributed by atoms with van der Waals surface area (Å²) in [4.78, 5) is 53.6. The number of benzene rings is 2. The standard InChI is InChI=1S/C43H57N3O13/c1-20(2)23-14-13-21(3)15-28(23)58-32(49)12-7-6-11-31(48)46-45-30(19-47)43(55)17-25-35(29(18-43)59-33-16-26(44)38(50)22(4)57-33)42(54)37-36(40(25)52)39(51)24-9-8-10-27(56-5)34(24)41(37)53/h8-10,20-23,26,28-29,33,38,47,50,52,54-55H,6-7,11-19,44H2,1-5H3,(H,46,48)/b45-30+/t21-,22+,23+,26+,28-,29+,33+,38-,43+/m1/s1. The van der Waals surface area contributed by atoms with Crippen LogP contribution in [0.15, 0.2) is 23.3 Å². The molecule has 1 saturated carbocycles. The molecule has 322 valence electrons. The number of methoxy groups -OCH3 is 1. The number of aromatic hydroxyl groups is 2. The van der Waals surface area contributed by atoms with E-state index < -0.39 is 95.8 Å². The minimum Gasteiger partial charge on any atom is -0.507 e. The van der Waals surface area contributed by atoms with Crippen molar-refractivity contribution in [2.24, 2.45) is 28.6 Å². The number of phenolic OH excluding ortho intramolecular Hbond substituents is 2. The lowest BCUT2D eigenvalue weighted by Gasteiger charge is -2.43. The molecule has 2 aromatic carbocycles. The first-order valence-electron chi connectivity index (χ1n) is 20.5. The molecule has 0 aromatic heterocycles. The monoisotopic (exact) mass is 823 g/mol. The zero-order chi connectivity index (χ0) is 42.9. The van der Waals surface area contributed by atoms with Crippen LogP contribution >= 0.6 is 0 Å². The SMILES string of the molecule is COc1cccc2c1C(=O)c1c(O)c3c(c(O)c1C2=O)C[C@@](O)(/C(CO)=N/NC(=O)CCCCC(=O)O[C@@H]1C[C@H](C)CC[C@H]1C(C)C)C[C@@H]3O[C@H]1C[C@H](N)[C@H](O)[C@H](C)O1. The molecule has 3 aliphatic carbocycles. The fourth-order valence-electron chi connectivity index (χ4n) is 9.12. The minimum absolute atomic E-state index is 0.0115. The quantitative estimate of drug-likeness (QED) is 0.0429. The van der Waals surface area contributed by atoms with Crippen molar-refractivity contribution < 1.29 is 63.7 Å². The molecule has 2 aromatic rings. The molecule has 16 heteroatoms. The summed E-state index contributed by atoms with van der Waals surface area (Å²) in [6.45, 7) is 7.17. The fourth-order valence-corrected chi connectivity index (χ4v) is 9.12. The third kappa shape index (κ3) is 8.89. The van der Waals surface area contributed by atoms with Gasteiger partial charge in [-0.3, -0.25) is 19.2 Å². The maximum Gasteiger partial charge on any atom is 0.306 e. The summed E-state index contributed by atoms with van der Waals surface area (Å²) in [5.74, 6) is -2.50. The van der Waals surface area contributed by atoms with Gasteiger partial charge in [-0.15, -0.1) is 0 Å². The van der Waals surface area contributed by atoms with Crippen LogP contribution in [0.2, 0.25) is 0 Å². The lowest BCUT2D eigenvalue weighted by Crippen LogP contribution is -2.53. The predicted octanol–water partition coefficient (Wildman–Crippen LogP) is 3.47. The molecule has 4 aliphatic rings. The molecule has 0 unspecified atom stereocenters. The normalized spacial score (nSPS) is 29.4. The highest BCUT2D eigenvalue weighted by molar-refractivity contribution is 6.31. The number of rotatable bonds is 13. The van der Waals surface area contributed by atoms with Crippen LogP contribution in [-0.2, 0) is 30.2 Å². The number of phenols is 2. The number of nitrogens with two attached hydrogens (primary N) is 1. The third-order valence-electron chi connectivity index (χ3n) is 12.4. The number of esters is 1. The van der Waals surface area contributed by atoms with E-state index in [1.54, 1.807) is 6.92 Å². The van der Waals surface area contributed by atoms with E-state index in [4.69, 9.17) is 24.7 Å². The molecule has 16 nitrogen and oxygen atoms in total. The molecule has 1 aliphatic heterocycles. The number of hydrogen-bond acceptors (Lipinski definition) is 15. The van der Waals surface area contributed by atoms with Gasteiger partial charge in [0.1, 0.15) is 29.0 Å². The van der Waals surface area contributed by atoms with Crippen LogP contribution in [0.5, 0.6) is 17.2 Å². The van der Waals surface area contributed by atoms with Gasteiger partial charge in [-0.05, 0) is 56.4 Å². The minimum atomic E-state index is -2.16. The Kier molecular flexibility index (Phi) is 13.5. The Hall–Kier alpha value is -4.45. The third-order valence-corrected chi connectivity index (χ3v) is 12.4. The van der Waals surface area contributed by atoms with E-state index in [9.17, 15) is 44.7 Å². The van der Waals surface area contributed by atoms with Crippen molar-refractivity contribution in [2.75, 3.05) is 13.7 Å². The number of nitrogens with zero attached hydrogens (tertiary/aromatic N) is 1. The van der Waals surface area contributed by atoms with Crippen molar-refractivity contribution in [3.63, 3.8) is 0 Å². The van der Waals surface area contributed by atoms with E-state index >= 15 is 0 Å². The molecule has 0 bridgehead atoms. The zero-order valence-electron chi connectivity index (χ0n) is 34.2. The molecule has 1 saturated heterocycles. The number of ether oxygens (including phenoxy) is 4. The second-order valence-corrected chi connectivity index (χ2v) is 16.9. The number of amides is 1. The lowest BCUT2D eigenvalue weighted by atomic mass is 9.71. The fraction of sp³-hybridized carbons (Fsp3) is 0.605. The second-order valence-electron chi connectivity index (χ2n) is 16.9. The molecular formula is C43H57N3O13. The number of carbonyl (C=O) groups excluding carboxylic acids is 4. The number of hydrazone groups is 1. The summed E-state index contributed by atoms with van der Waals surface area (Å²) in [5, 5.41) is 60.9. The highest BCUT2D eigenvalue weighted by atomic mass is 16.7. The molecule has 0 spiro atoms. The van der Waals surface area contributed by atoms with Crippen molar-refractivity contribution in [3.8, 4) is 17.2 Å². The first-order valence-corrected chi connectivity index (χ1v) is 20.5. The summed E-state index contributed by atoms with van der Waals surface area (Å²) >= 11 is 0. The first-order chi connectivity index (χ1) is 28.0. The van der Waals surface area contributed by atoms with Gasteiger partial charge in [-0.2, -0.15) is 5.10 Å². The number of aliphatic hydroxyl groups excluding tert-OH is 2. The number of nitrogens with one attached hydrogen (secondary N) is 1. The number of hydrogen-bond donors (Lipinski definition) is 7. The Morgan fingerprint density at radius 1 is 1.03 bits per heavy atom. The summed E-state index contributed by atoms with van der Waals surface area (Å²) in [7, 11) is 1.33. The van der Waals surface area contributed by atoms with E-state index in [2.05, 4.69) is 31.3 Å². The molecule has 2 fully saturated rings. The molecule has 8 N–H and O–H groups in total. The van der Waals surface area contributed by atoms with Gasteiger partial charge in [0.05, 0.1) is 54.4 Å². The van der Waals surface area contributed by atoms with E-state index in [1.165, 1.54) is 25.3 Å². The molecule has 9 atom stereocenters. The highest BCUT2D eigenvalue weighted by Crippen LogP contribution is 2.52. The maximum atomic E-state index is 14.0. The average molecular weight is 824 g/mol. The van der Waals surface area contributed by atoms with E-state index in [0.29, 0.717) is 30.6 Å². The molecule has 1 heterocycles. The summed E-state index contributed by atoms with van der Waals surface area (Å²) in [5.41, 5.74) is 4.62. The van der Waals surface area contributed by atoms with Gasteiger partial charge < -0.3 is 50.2 Å². The largest absolute Gasteiger partial charge is 0.507 e. The molecular weight excluding hydrogens is 766 g/mol. The molecule has 59 heavy (non-hydrogen) atoms. The second kappa shape index (κ2) is 18.0. The van der Waals surface area contributed by atoms with Gasteiger partial charge in [0.25, 0.3) is 0 Å². The molecule has 6 rings (SSSR count). The predicted molar refractivity (Wildman–Crippen MR) is 212 cm³/mol. The van der Waals surface area contributed by atoms with E-state index in [1.807, 2.05) is 0 Å². The number of aliphatic hydroxyl groups is 3. The van der Waals surface area contributed by atoms with Gasteiger partial charge in [0, 0.05) is 54.8 Å². The number of ketones is 2. The van der Waals surface area contributed by atoms with Gasteiger partial charge >= 0.3 is 5.97 Å². The molecule has 1 amide bonds. The van der Waals surface area contributed by atoms with Gasteiger partial charge in [0.2, 0.25) is 11.7 Å². The Bertz CT molecular complexity index is 1970. The van der Waals surface area contributed by atoms with Gasteiger partial charge in [-0.25, -0.2) is 5.43 Å².